The van der Waals surface area contributed by atoms with E-state index in [9.17, 15) is 0 Å². The van der Waals surface area contributed by atoms with E-state index in [4.69, 9.17) is 16.7 Å². The summed E-state index contributed by atoms with van der Waals surface area (Å²) in [5.74, 6) is 2.64. The second kappa shape index (κ2) is 5.12. The van der Waals surface area contributed by atoms with Gasteiger partial charge in [0.25, 0.3) is 0 Å². The first-order valence-corrected chi connectivity index (χ1v) is 8.35. The van der Waals surface area contributed by atoms with Crippen molar-refractivity contribution in [1.29, 1.82) is 0 Å². The highest BCUT2D eigenvalue weighted by Crippen LogP contribution is 2.57. The van der Waals surface area contributed by atoms with Gasteiger partial charge in [-0.3, -0.25) is 4.68 Å². The summed E-state index contributed by atoms with van der Waals surface area (Å²) in [5, 5.41) is 4.69. The van der Waals surface area contributed by atoms with Crippen LogP contribution < -0.4 is 0 Å². The lowest BCUT2D eigenvalue weighted by atomic mass is 9.71. The lowest BCUT2D eigenvalue weighted by Crippen LogP contribution is -2.33. The average molecular weight is 281 g/mol. The molecule has 2 bridgehead atoms. The molecule has 3 rings (SSSR count). The molecule has 3 unspecified atom stereocenters. The van der Waals surface area contributed by atoms with E-state index in [1.165, 1.54) is 37.1 Å². The van der Waals surface area contributed by atoms with E-state index in [0.717, 1.165) is 37.1 Å². The second-order valence-electron chi connectivity index (χ2n) is 6.55. The zero-order chi connectivity index (χ0) is 13.5. The molecule has 2 aliphatic carbocycles. The van der Waals surface area contributed by atoms with E-state index in [1.54, 1.807) is 0 Å². The molecular weight excluding hydrogens is 256 g/mol. The van der Waals surface area contributed by atoms with Crippen LogP contribution in [0, 0.1) is 17.3 Å². The number of hydrogen-bond donors (Lipinski definition) is 0. The third-order valence-electron chi connectivity index (χ3n) is 5.48. The first kappa shape index (κ1) is 13.5. The van der Waals surface area contributed by atoms with E-state index in [-0.39, 0.29) is 0 Å². The van der Waals surface area contributed by atoms with Gasteiger partial charge in [-0.2, -0.15) is 5.10 Å². The van der Waals surface area contributed by atoms with Gasteiger partial charge >= 0.3 is 0 Å². The van der Waals surface area contributed by atoms with Crippen LogP contribution in [0.4, 0.5) is 0 Å². The Morgan fingerprint density at radius 2 is 2.26 bits per heavy atom. The fraction of sp³-hybridized carbons (Fsp3) is 0.812. The van der Waals surface area contributed by atoms with Crippen molar-refractivity contribution >= 4 is 11.6 Å². The standard InChI is InChI=1S/C16H25ClN2/c1-3-14-8-15(19(4-2)18-14)10-16(11-17)9-12-5-6-13(16)7-12/h8,12-13H,3-7,9-11H2,1-2H3. The van der Waals surface area contributed by atoms with E-state index in [2.05, 4.69) is 24.6 Å². The number of fused-ring (bicyclic) bond motifs is 2. The normalized spacial score (nSPS) is 33.2. The van der Waals surface area contributed by atoms with E-state index in [0.29, 0.717) is 5.41 Å². The Kier molecular flexibility index (Phi) is 3.63. The predicted octanol–water partition coefficient (Wildman–Crippen LogP) is 4.05. The molecule has 3 heteroatoms. The summed E-state index contributed by atoms with van der Waals surface area (Å²) < 4.78 is 2.19. The van der Waals surface area contributed by atoms with Crippen molar-refractivity contribution in [1.82, 2.24) is 9.78 Å². The molecule has 0 amide bonds. The van der Waals surface area contributed by atoms with Crippen LogP contribution in [0.1, 0.15) is 50.9 Å². The van der Waals surface area contributed by atoms with Crippen LogP contribution in [-0.4, -0.2) is 15.7 Å². The molecule has 1 aromatic heterocycles. The van der Waals surface area contributed by atoms with E-state index >= 15 is 0 Å². The Balaban J connectivity index is 1.85. The number of hydrogen-bond acceptors (Lipinski definition) is 1. The van der Waals surface area contributed by atoms with Gasteiger partial charge in [-0.25, -0.2) is 0 Å². The maximum Gasteiger partial charge on any atom is 0.0624 e. The summed E-state index contributed by atoms with van der Waals surface area (Å²) in [7, 11) is 0. The number of alkyl halides is 1. The minimum atomic E-state index is 0.364. The summed E-state index contributed by atoms with van der Waals surface area (Å²) in [6, 6.07) is 2.31. The first-order chi connectivity index (χ1) is 9.20. The van der Waals surface area contributed by atoms with E-state index in [1.807, 2.05) is 0 Å². The topological polar surface area (TPSA) is 17.8 Å². The van der Waals surface area contributed by atoms with Gasteiger partial charge in [0.15, 0.2) is 0 Å². The molecule has 3 atom stereocenters. The fourth-order valence-corrected chi connectivity index (χ4v) is 4.87. The Hall–Kier alpha value is -0.500. The third-order valence-corrected chi connectivity index (χ3v) is 6.01. The molecule has 2 saturated carbocycles. The van der Waals surface area contributed by atoms with Crippen LogP contribution in [-0.2, 0) is 19.4 Å². The van der Waals surface area contributed by atoms with Crippen LogP contribution in [0.3, 0.4) is 0 Å². The van der Waals surface area contributed by atoms with Crippen molar-refractivity contribution in [2.75, 3.05) is 5.88 Å². The molecule has 106 valence electrons. The Labute approximate surface area is 121 Å². The predicted molar refractivity (Wildman–Crippen MR) is 79.6 cm³/mol. The largest absolute Gasteiger partial charge is 0.270 e. The highest BCUT2D eigenvalue weighted by atomic mass is 35.5. The molecule has 2 aliphatic rings. The maximum atomic E-state index is 6.42. The number of halogens is 1. The van der Waals surface area contributed by atoms with Crippen molar-refractivity contribution in [3.8, 4) is 0 Å². The summed E-state index contributed by atoms with van der Waals surface area (Å²) in [4.78, 5) is 0. The lowest BCUT2D eigenvalue weighted by molar-refractivity contribution is 0.189. The highest BCUT2D eigenvalue weighted by molar-refractivity contribution is 6.18. The van der Waals surface area contributed by atoms with Crippen LogP contribution in [0.5, 0.6) is 0 Å². The van der Waals surface area contributed by atoms with Crippen LogP contribution >= 0.6 is 11.6 Å². The summed E-state index contributed by atoms with van der Waals surface area (Å²) in [6.07, 6.45) is 7.78. The first-order valence-electron chi connectivity index (χ1n) is 7.82. The molecule has 0 spiro atoms. The minimum Gasteiger partial charge on any atom is -0.270 e. The van der Waals surface area contributed by atoms with Crippen LogP contribution in [0.15, 0.2) is 6.07 Å². The Bertz CT molecular complexity index is 454. The number of rotatable bonds is 5. The molecule has 2 nitrogen and oxygen atoms in total. The van der Waals surface area contributed by atoms with Gasteiger partial charge in [0.1, 0.15) is 0 Å². The number of aryl methyl sites for hydroxylation is 2. The summed E-state index contributed by atoms with van der Waals surface area (Å²) in [6.45, 7) is 5.34. The van der Waals surface area contributed by atoms with Gasteiger partial charge in [0.2, 0.25) is 0 Å². The van der Waals surface area contributed by atoms with Gasteiger partial charge in [0, 0.05) is 18.1 Å². The third kappa shape index (κ3) is 2.22. The van der Waals surface area contributed by atoms with Gasteiger partial charge in [-0.05, 0) is 62.3 Å². The van der Waals surface area contributed by atoms with Gasteiger partial charge < -0.3 is 0 Å². The zero-order valence-electron chi connectivity index (χ0n) is 12.2. The molecule has 0 saturated heterocycles. The minimum absolute atomic E-state index is 0.364. The maximum absolute atomic E-state index is 6.42. The highest BCUT2D eigenvalue weighted by Gasteiger charge is 2.50. The van der Waals surface area contributed by atoms with Crippen molar-refractivity contribution in [2.24, 2.45) is 17.3 Å². The second-order valence-corrected chi connectivity index (χ2v) is 6.82. The molecular formula is C16H25ClN2. The van der Waals surface area contributed by atoms with Crippen molar-refractivity contribution < 1.29 is 0 Å². The molecule has 0 radical (unpaired) electrons. The molecule has 0 aromatic carbocycles. The Morgan fingerprint density at radius 1 is 1.42 bits per heavy atom. The van der Waals surface area contributed by atoms with Crippen molar-refractivity contribution in [3.63, 3.8) is 0 Å². The summed E-state index contributed by atoms with van der Waals surface area (Å²) >= 11 is 6.42. The van der Waals surface area contributed by atoms with Crippen molar-refractivity contribution in [2.45, 2.75) is 58.9 Å². The molecule has 1 heterocycles. The molecule has 2 fully saturated rings. The van der Waals surface area contributed by atoms with Gasteiger partial charge in [-0.15, -0.1) is 11.6 Å². The Morgan fingerprint density at radius 3 is 2.79 bits per heavy atom. The fourth-order valence-electron chi connectivity index (χ4n) is 4.45. The van der Waals surface area contributed by atoms with Crippen molar-refractivity contribution in [3.05, 3.63) is 17.5 Å². The lowest BCUT2D eigenvalue weighted by Gasteiger charge is -2.36. The monoisotopic (exact) mass is 280 g/mol. The molecule has 1 aromatic rings. The van der Waals surface area contributed by atoms with E-state index < -0.39 is 0 Å². The van der Waals surface area contributed by atoms with Crippen LogP contribution in [0.25, 0.3) is 0 Å². The number of nitrogens with zero attached hydrogens (tertiary/aromatic N) is 2. The van der Waals surface area contributed by atoms with Crippen LogP contribution in [0.2, 0.25) is 0 Å². The molecule has 19 heavy (non-hydrogen) atoms. The summed E-state index contributed by atoms with van der Waals surface area (Å²) in [5.41, 5.74) is 3.00. The average Bonchev–Trinajstić information content (AvgIpc) is 3.12. The van der Waals surface area contributed by atoms with Gasteiger partial charge in [0.05, 0.1) is 5.69 Å². The smallest absolute Gasteiger partial charge is 0.0624 e. The molecule has 0 aliphatic heterocycles. The van der Waals surface area contributed by atoms with Gasteiger partial charge in [-0.1, -0.05) is 13.3 Å². The zero-order valence-corrected chi connectivity index (χ0v) is 12.9. The number of aromatic nitrogens is 2. The SMILES string of the molecule is CCc1cc(CC2(CCl)CC3CCC2C3)n(CC)n1. The molecule has 0 N–H and O–H groups in total. The quantitative estimate of drug-likeness (QED) is 0.744.